The van der Waals surface area contributed by atoms with Crippen molar-refractivity contribution in [3.63, 3.8) is 0 Å². The zero-order valence-corrected chi connectivity index (χ0v) is 15.1. The van der Waals surface area contributed by atoms with Crippen molar-refractivity contribution in [1.29, 1.82) is 0 Å². The summed E-state index contributed by atoms with van der Waals surface area (Å²) < 4.78 is 11.5. The number of carbonyl (C=O) groups is 1. The fraction of sp³-hybridized carbons (Fsp3) is 0.944. The van der Waals surface area contributed by atoms with E-state index >= 15 is 0 Å². The van der Waals surface area contributed by atoms with E-state index in [0.717, 1.165) is 12.8 Å². The number of esters is 1. The van der Waals surface area contributed by atoms with Crippen molar-refractivity contribution in [1.82, 2.24) is 0 Å². The summed E-state index contributed by atoms with van der Waals surface area (Å²) >= 11 is 0. The first-order chi connectivity index (χ1) is 10.2. The van der Waals surface area contributed by atoms with Gasteiger partial charge in [-0.25, -0.2) is 0 Å². The van der Waals surface area contributed by atoms with Gasteiger partial charge < -0.3 is 14.6 Å². The van der Waals surface area contributed by atoms with Crippen molar-refractivity contribution in [2.45, 2.75) is 73.0 Å². The van der Waals surface area contributed by atoms with E-state index in [4.69, 9.17) is 9.47 Å². The molecular formula is C18H34O4. The van der Waals surface area contributed by atoms with E-state index in [-0.39, 0.29) is 30.7 Å². The number of aliphatic hydroxyl groups is 1. The van der Waals surface area contributed by atoms with Crippen molar-refractivity contribution in [2.75, 3.05) is 13.2 Å². The van der Waals surface area contributed by atoms with Crippen molar-refractivity contribution in [3.05, 3.63) is 0 Å². The molecule has 22 heavy (non-hydrogen) atoms. The van der Waals surface area contributed by atoms with Crippen LogP contribution in [0.4, 0.5) is 0 Å². The average molecular weight is 314 g/mol. The predicted octanol–water partition coefficient (Wildman–Crippen LogP) is 3.41. The van der Waals surface area contributed by atoms with Gasteiger partial charge in [0, 0.05) is 18.9 Å². The van der Waals surface area contributed by atoms with Gasteiger partial charge in [0.05, 0.1) is 24.2 Å². The van der Waals surface area contributed by atoms with Crippen LogP contribution in [0.15, 0.2) is 0 Å². The molecule has 1 heterocycles. The highest BCUT2D eigenvalue weighted by Gasteiger charge is 2.41. The lowest BCUT2D eigenvalue weighted by atomic mass is 9.85. The zero-order valence-electron chi connectivity index (χ0n) is 15.1. The maximum Gasteiger partial charge on any atom is 0.311 e. The third-order valence-electron chi connectivity index (χ3n) is 4.88. The molecule has 0 spiro atoms. The quantitative estimate of drug-likeness (QED) is 0.732. The summed E-state index contributed by atoms with van der Waals surface area (Å²) in [5.41, 5.74) is -0.473. The molecule has 1 saturated heterocycles. The number of rotatable bonds is 7. The second kappa shape index (κ2) is 8.30. The topological polar surface area (TPSA) is 55.8 Å². The van der Waals surface area contributed by atoms with Crippen LogP contribution in [0, 0.1) is 23.2 Å². The first-order valence-electron chi connectivity index (χ1n) is 8.64. The molecule has 4 heteroatoms. The van der Waals surface area contributed by atoms with E-state index in [1.54, 1.807) is 0 Å². The van der Waals surface area contributed by atoms with Crippen molar-refractivity contribution < 1.29 is 19.4 Å². The minimum Gasteiger partial charge on any atom is -0.465 e. The Morgan fingerprint density at radius 2 is 1.95 bits per heavy atom. The van der Waals surface area contributed by atoms with Crippen LogP contribution in [0.3, 0.4) is 0 Å². The Balaban J connectivity index is 2.50. The smallest absolute Gasteiger partial charge is 0.311 e. The maximum absolute atomic E-state index is 11.8. The van der Waals surface area contributed by atoms with Crippen molar-refractivity contribution in [3.8, 4) is 0 Å². The van der Waals surface area contributed by atoms with E-state index in [1.807, 2.05) is 20.8 Å². The first kappa shape index (κ1) is 19.4. The molecule has 0 aromatic heterocycles. The molecule has 0 aromatic carbocycles. The van der Waals surface area contributed by atoms with Gasteiger partial charge in [-0.1, -0.05) is 27.2 Å². The van der Waals surface area contributed by atoms with E-state index in [0.29, 0.717) is 24.9 Å². The molecule has 1 rings (SSSR count). The van der Waals surface area contributed by atoms with Gasteiger partial charge in [0.1, 0.15) is 0 Å². The van der Waals surface area contributed by atoms with Crippen LogP contribution in [0.2, 0.25) is 0 Å². The van der Waals surface area contributed by atoms with Gasteiger partial charge in [-0.2, -0.15) is 0 Å². The minimum atomic E-state index is -0.473. The molecule has 0 radical (unpaired) electrons. The van der Waals surface area contributed by atoms with Crippen molar-refractivity contribution >= 4 is 5.97 Å². The summed E-state index contributed by atoms with van der Waals surface area (Å²) in [6.45, 7) is 12.6. The lowest BCUT2D eigenvalue weighted by Gasteiger charge is -2.20. The Kier molecular flexibility index (Phi) is 7.33. The number of hydrogen-bond donors (Lipinski definition) is 1. The standard InChI is InChI=1S/C18H34O4/c1-7-12(2)10-16-13(3)14(11-19)15(22-16)8-9-21-17(20)18(4,5)6/h12-16,19H,7-11H2,1-6H3/t12-,13-,14-,15+,16-/m1/s1. The minimum absolute atomic E-state index is 0.0122. The highest BCUT2D eigenvalue weighted by atomic mass is 16.5. The second-order valence-corrected chi connectivity index (χ2v) is 7.84. The van der Waals surface area contributed by atoms with Crippen LogP contribution in [0.25, 0.3) is 0 Å². The summed E-state index contributed by atoms with van der Waals surface area (Å²) in [6.07, 6.45) is 3.03. The molecule has 0 aromatic rings. The lowest BCUT2D eigenvalue weighted by molar-refractivity contribution is -0.153. The van der Waals surface area contributed by atoms with E-state index in [2.05, 4.69) is 20.8 Å². The Bertz CT molecular complexity index is 347. The molecule has 4 nitrogen and oxygen atoms in total. The molecule has 5 atom stereocenters. The third-order valence-corrected chi connectivity index (χ3v) is 4.88. The monoisotopic (exact) mass is 314 g/mol. The van der Waals surface area contributed by atoms with Gasteiger partial charge in [0.15, 0.2) is 0 Å². The largest absolute Gasteiger partial charge is 0.465 e. The second-order valence-electron chi connectivity index (χ2n) is 7.84. The summed E-state index contributed by atoms with van der Waals surface area (Å²) in [5, 5.41) is 9.67. The predicted molar refractivity (Wildman–Crippen MR) is 87.5 cm³/mol. The maximum atomic E-state index is 11.8. The van der Waals surface area contributed by atoms with Crippen molar-refractivity contribution in [2.24, 2.45) is 23.2 Å². The molecule has 130 valence electrons. The van der Waals surface area contributed by atoms with Crippen LogP contribution < -0.4 is 0 Å². The fourth-order valence-electron chi connectivity index (χ4n) is 2.95. The van der Waals surface area contributed by atoms with Crippen LogP contribution in [-0.4, -0.2) is 36.5 Å². The normalized spacial score (nSPS) is 30.3. The molecule has 1 N–H and O–H groups in total. The Morgan fingerprint density at radius 3 is 2.45 bits per heavy atom. The van der Waals surface area contributed by atoms with Gasteiger partial charge in [-0.15, -0.1) is 0 Å². The highest BCUT2D eigenvalue weighted by Crippen LogP contribution is 2.37. The van der Waals surface area contributed by atoms with Gasteiger partial charge in [-0.3, -0.25) is 4.79 Å². The Morgan fingerprint density at radius 1 is 1.32 bits per heavy atom. The average Bonchev–Trinajstić information content (AvgIpc) is 2.73. The molecule has 1 aliphatic rings. The van der Waals surface area contributed by atoms with Gasteiger partial charge in [0.2, 0.25) is 0 Å². The van der Waals surface area contributed by atoms with E-state index in [1.165, 1.54) is 0 Å². The van der Waals surface area contributed by atoms with Crippen LogP contribution in [-0.2, 0) is 14.3 Å². The number of aliphatic hydroxyl groups excluding tert-OH is 1. The molecule has 0 amide bonds. The SMILES string of the molecule is CC[C@@H](C)C[C@H]1O[C@@H](CCOC(=O)C(C)(C)C)[C@H](CO)[C@H]1C. The van der Waals surface area contributed by atoms with Gasteiger partial charge in [-0.05, 0) is 39.0 Å². The Hall–Kier alpha value is -0.610. The molecule has 0 unspecified atom stereocenters. The van der Waals surface area contributed by atoms with E-state index in [9.17, 15) is 9.90 Å². The Labute approximate surface area is 135 Å². The van der Waals surface area contributed by atoms with Gasteiger partial charge >= 0.3 is 5.97 Å². The molecule has 0 saturated carbocycles. The molecule has 0 aliphatic carbocycles. The summed E-state index contributed by atoms with van der Waals surface area (Å²) in [5.74, 6) is 0.934. The molecular weight excluding hydrogens is 280 g/mol. The number of ether oxygens (including phenoxy) is 2. The van der Waals surface area contributed by atoms with Crippen LogP contribution in [0.1, 0.15) is 60.8 Å². The summed E-state index contributed by atoms with van der Waals surface area (Å²) in [6, 6.07) is 0. The zero-order chi connectivity index (χ0) is 16.9. The molecule has 1 fully saturated rings. The summed E-state index contributed by atoms with van der Waals surface area (Å²) in [7, 11) is 0. The highest BCUT2D eigenvalue weighted by molar-refractivity contribution is 5.75. The first-order valence-corrected chi connectivity index (χ1v) is 8.64. The van der Waals surface area contributed by atoms with E-state index < -0.39 is 5.41 Å². The molecule has 1 aliphatic heterocycles. The number of carbonyl (C=O) groups excluding carboxylic acids is 1. The third kappa shape index (κ3) is 5.24. The van der Waals surface area contributed by atoms with Crippen LogP contribution in [0.5, 0.6) is 0 Å². The lowest BCUT2D eigenvalue weighted by Crippen LogP contribution is -2.27. The number of hydrogen-bond acceptors (Lipinski definition) is 4. The van der Waals surface area contributed by atoms with Gasteiger partial charge in [0.25, 0.3) is 0 Å². The van der Waals surface area contributed by atoms with Crippen LogP contribution >= 0.6 is 0 Å². The molecule has 0 bridgehead atoms. The summed E-state index contributed by atoms with van der Waals surface area (Å²) in [4.78, 5) is 11.8. The fourth-order valence-corrected chi connectivity index (χ4v) is 2.95.